The lowest BCUT2D eigenvalue weighted by Crippen LogP contribution is -2.29. The predicted octanol–water partition coefficient (Wildman–Crippen LogP) is 26.7. The minimum atomic E-state index is -4.39. The standard InChI is InChI=1S/C82H152NO8P/c1-3-5-7-9-11-13-15-17-19-21-23-25-27-29-31-33-35-36-37-38-39-40-41-42-43-44-45-47-49-51-53-55-57-59-61-63-65-67-69-71-73-75-82(85)91-80(79-90-92(86,87)89-77-76-83)78-88-81(84)74-72-70-68-66-64-62-60-58-56-54-52-50-48-46-34-32-30-28-26-24-22-20-18-16-14-12-10-8-6-4-2/h5,7,11,13,17,19,23,25,29,31,35-36,80H,3-4,6,8-10,12,14-16,18,20-22,24,26-28,30,32-34,37-79,83H2,1-2H3,(H,86,87)/b7-5-,13-11-,19-17-,25-23-,31-29-,36-35-. The molecule has 0 aromatic carbocycles. The Balaban J connectivity index is 3.76. The first-order chi connectivity index (χ1) is 45.3. The van der Waals surface area contributed by atoms with Gasteiger partial charge in [-0.25, -0.2) is 4.57 Å². The monoisotopic (exact) mass is 1310 g/mol. The summed E-state index contributed by atoms with van der Waals surface area (Å²) in [7, 11) is -4.39. The second-order valence-corrected chi connectivity index (χ2v) is 28.4. The third kappa shape index (κ3) is 76.5. The number of allylic oxidation sites excluding steroid dienone is 12. The van der Waals surface area contributed by atoms with Gasteiger partial charge in [-0.05, 0) is 64.2 Å². The van der Waals surface area contributed by atoms with Crippen LogP contribution in [0.3, 0.4) is 0 Å². The number of nitrogens with two attached hydrogens (primary N) is 1. The second-order valence-electron chi connectivity index (χ2n) is 26.9. The SMILES string of the molecule is CC/C=C\C/C=C\C/C=C\C/C=C\C/C=C\C/C=C\CCCCCCCCCCCCCCCCCCCCCCCCC(=O)OC(COC(=O)CCCCCCCCCCCCCCCCCCCCCCCCCCCCCCCC)COP(=O)(O)OCCN. The fourth-order valence-electron chi connectivity index (χ4n) is 12.0. The van der Waals surface area contributed by atoms with Gasteiger partial charge in [0.15, 0.2) is 6.10 Å². The van der Waals surface area contributed by atoms with Gasteiger partial charge in [0.2, 0.25) is 0 Å². The van der Waals surface area contributed by atoms with Gasteiger partial charge in [-0.15, -0.1) is 0 Å². The van der Waals surface area contributed by atoms with E-state index < -0.39 is 26.5 Å². The molecule has 2 atom stereocenters. The average Bonchev–Trinajstić information content (AvgIpc) is 2.98. The summed E-state index contributed by atoms with van der Waals surface area (Å²) in [6.45, 7) is 3.71. The maximum atomic E-state index is 12.8. The van der Waals surface area contributed by atoms with Gasteiger partial charge in [-0.1, -0.05) is 401 Å². The van der Waals surface area contributed by atoms with E-state index in [0.29, 0.717) is 6.42 Å². The Bertz CT molecular complexity index is 1740. The zero-order chi connectivity index (χ0) is 66.5. The van der Waals surface area contributed by atoms with Crippen molar-refractivity contribution in [3.8, 4) is 0 Å². The van der Waals surface area contributed by atoms with Gasteiger partial charge in [0.1, 0.15) is 6.61 Å². The van der Waals surface area contributed by atoms with Crippen LogP contribution in [0.4, 0.5) is 0 Å². The van der Waals surface area contributed by atoms with Crippen molar-refractivity contribution in [2.24, 2.45) is 5.73 Å². The van der Waals surface area contributed by atoms with Gasteiger partial charge in [0, 0.05) is 19.4 Å². The van der Waals surface area contributed by atoms with E-state index in [4.69, 9.17) is 24.3 Å². The van der Waals surface area contributed by atoms with Crippen molar-refractivity contribution in [3.63, 3.8) is 0 Å². The van der Waals surface area contributed by atoms with Crippen LogP contribution in [0.2, 0.25) is 0 Å². The van der Waals surface area contributed by atoms with E-state index in [-0.39, 0.29) is 38.6 Å². The molecule has 538 valence electrons. The number of phosphoric acid groups is 1. The lowest BCUT2D eigenvalue weighted by Gasteiger charge is -2.19. The molecule has 0 aliphatic carbocycles. The van der Waals surface area contributed by atoms with Gasteiger partial charge in [0.05, 0.1) is 13.2 Å². The minimum Gasteiger partial charge on any atom is -0.462 e. The molecule has 0 aliphatic heterocycles. The Morgan fingerprint density at radius 3 is 0.891 bits per heavy atom. The summed E-state index contributed by atoms with van der Waals surface area (Å²) in [5.74, 6) is -0.803. The molecular formula is C82H152NO8P. The van der Waals surface area contributed by atoms with Gasteiger partial charge in [-0.2, -0.15) is 0 Å². The Kier molecular flexibility index (Phi) is 75.3. The van der Waals surface area contributed by atoms with Crippen LogP contribution in [-0.2, 0) is 32.7 Å². The number of phosphoric ester groups is 1. The summed E-state index contributed by atoms with van der Waals surface area (Å²) in [6.07, 6.45) is 103. The third-order valence-corrected chi connectivity index (χ3v) is 18.8. The maximum absolute atomic E-state index is 12.8. The summed E-state index contributed by atoms with van der Waals surface area (Å²) in [5.41, 5.74) is 5.42. The molecular weight excluding hydrogens is 1160 g/mol. The van der Waals surface area contributed by atoms with Gasteiger partial charge < -0.3 is 20.1 Å². The van der Waals surface area contributed by atoms with Crippen LogP contribution in [0.25, 0.3) is 0 Å². The molecule has 10 heteroatoms. The first-order valence-corrected chi connectivity index (χ1v) is 41.4. The van der Waals surface area contributed by atoms with Crippen molar-refractivity contribution >= 4 is 19.8 Å². The topological polar surface area (TPSA) is 134 Å². The van der Waals surface area contributed by atoms with Crippen LogP contribution in [0.15, 0.2) is 72.9 Å². The van der Waals surface area contributed by atoms with Crippen LogP contribution in [0.5, 0.6) is 0 Å². The van der Waals surface area contributed by atoms with E-state index in [9.17, 15) is 19.0 Å². The number of esters is 2. The van der Waals surface area contributed by atoms with Crippen LogP contribution in [0, 0.1) is 0 Å². The Labute approximate surface area is 571 Å². The highest BCUT2D eigenvalue weighted by molar-refractivity contribution is 7.47. The molecule has 0 aromatic heterocycles. The van der Waals surface area contributed by atoms with Crippen molar-refractivity contribution in [2.45, 2.75) is 412 Å². The van der Waals surface area contributed by atoms with Gasteiger partial charge in [0.25, 0.3) is 0 Å². The number of hydrogen-bond acceptors (Lipinski definition) is 8. The number of hydrogen-bond donors (Lipinski definition) is 2. The highest BCUT2D eigenvalue weighted by Gasteiger charge is 2.26. The van der Waals surface area contributed by atoms with E-state index >= 15 is 0 Å². The summed E-state index contributed by atoms with van der Waals surface area (Å²) >= 11 is 0. The Hall–Kier alpha value is -2.55. The van der Waals surface area contributed by atoms with E-state index in [1.807, 2.05) is 0 Å². The molecule has 0 fully saturated rings. The zero-order valence-corrected chi connectivity index (χ0v) is 61.7. The molecule has 0 rings (SSSR count). The second kappa shape index (κ2) is 77.5. The van der Waals surface area contributed by atoms with Crippen LogP contribution >= 0.6 is 7.82 Å². The minimum absolute atomic E-state index is 0.0554. The molecule has 0 spiro atoms. The maximum Gasteiger partial charge on any atom is 0.472 e. The Morgan fingerprint density at radius 2 is 0.598 bits per heavy atom. The molecule has 0 amide bonds. The van der Waals surface area contributed by atoms with E-state index in [0.717, 1.165) is 70.6 Å². The lowest BCUT2D eigenvalue weighted by molar-refractivity contribution is -0.161. The van der Waals surface area contributed by atoms with Crippen molar-refractivity contribution in [1.82, 2.24) is 0 Å². The first kappa shape index (κ1) is 89.5. The highest BCUT2D eigenvalue weighted by atomic mass is 31.2. The van der Waals surface area contributed by atoms with Crippen molar-refractivity contribution < 1.29 is 37.6 Å². The lowest BCUT2D eigenvalue weighted by atomic mass is 10.0. The summed E-state index contributed by atoms with van der Waals surface area (Å²) in [5, 5.41) is 0. The zero-order valence-electron chi connectivity index (χ0n) is 60.8. The number of carbonyl (C=O) groups is 2. The van der Waals surface area contributed by atoms with Crippen LogP contribution in [-0.4, -0.2) is 49.3 Å². The number of unbranched alkanes of at least 4 members (excludes halogenated alkanes) is 51. The van der Waals surface area contributed by atoms with Crippen LogP contribution in [0.1, 0.15) is 406 Å². The molecule has 3 N–H and O–H groups in total. The molecule has 0 radical (unpaired) electrons. The summed E-state index contributed by atoms with van der Waals surface area (Å²) in [6, 6.07) is 0. The fraction of sp³-hybridized carbons (Fsp3) is 0.829. The van der Waals surface area contributed by atoms with Crippen molar-refractivity contribution in [1.29, 1.82) is 0 Å². The molecule has 0 heterocycles. The first-order valence-electron chi connectivity index (χ1n) is 39.9. The number of carbonyl (C=O) groups excluding carboxylic acids is 2. The molecule has 0 saturated carbocycles. The normalized spacial score (nSPS) is 13.2. The molecule has 92 heavy (non-hydrogen) atoms. The van der Waals surface area contributed by atoms with Crippen LogP contribution < -0.4 is 5.73 Å². The molecule has 0 aliphatic rings. The van der Waals surface area contributed by atoms with Crippen molar-refractivity contribution in [3.05, 3.63) is 72.9 Å². The molecule has 0 saturated heterocycles. The van der Waals surface area contributed by atoms with E-state index in [1.54, 1.807) is 0 Å². The molecule has 2 unspecified atom stereocenters. The third-order valence-electron chi connectivity index (χ3n) is 17.9. The van der Waals surface area contributed by atoms with Crippen molar-refractivity contribution in [2.75, 3.05) is 26.4 Å². The predicted molar refractivity (Wildman–Crippen MR) is 399 cm³/mol. The molecule has 0 bridgehead atoms. The van der Waals surface area contributed by atoms with E-state index in [1.165, 1.54) is 302 Å². The molecule has 9 nitrogen and oxygen atoms in total. The molecule has 0 aromatic rings. The van der Waals surface area contributed by atoms with Gasteiger partial charge in [-0.3, -0.25) is 18.6 Å². The van der Waals surface area contributed by atoms with E-state index in [2.05, 4.69) is 86.8 Å². The number of rotatable bonds is 76. The smallest absolute Gasteiger partial charge is 0.462 e. The summed E-state index contributed by atoms with van der Waals surface area (Å²) < 4.78 is 33.3. The number of ether oxygens (including phenoxy) is 2. The Morgan fingerprint density at radius 1 is 0.337 bits per heavy atom. The largest absolute Gasteiger partial charge is 0.472 e. The summed E-state index contributed by atoms with van der Waals surface area (Å²) in [4.78, 5) is 35.5. The quantitative estimate of drug-likeness (QED) is 0.0264. The van der Waals surface area contributed by atoms with Gasteiger partial charge >= 0.3 is 19.8 Å². The average molecular weight is 1310 g/mol. The highest BCUT2D eigenvalue weighted by Crippen LogP contribution is 2.43. The fourth-order valence-corrected chi connectivity index (χ4v) is 12.8.